The van der Waals surface area contributed by atoms with Crippen LogP contribution in [-0.4, -0.2) is 36.1 Å². The lowest BCUT2D eigenvalue weighted by atomic mass is 9.99. The fourth-order valence-electron chi connectivity index (χ4n) is 2.75. The summed E-state index contributed by atoms with van der Waals surface area (Å²) >= 11 is 5.96. The fraction of sp³-hybridized carbons (Fsp3) is 0.562. The molecule has 1 aliphatic rings. The number of methoxy groups -OCH3 is 1. The topological polar surface area (TPSA) is 41.6 Å². The van der Waals surface area contributed by atoms with Crippen LogP contribution >= 0.6 is 11.6 Å². The molecule has 0 aromatic heterocycles. The van der Waals surface area contributed by atoms with Crippen LogP contribution in [0, 0.1) is 0 Å². The SMILES string of the molecule is CCC1(C)NC(c2ccc(Cl)cc2)N(C(C)COC)C1=O. The van der Waals surface area contributed by atoms with Gasteiger partial charge in [-0.1, -0.05) is 30.7 Å². The van der Waals surface area contributed by atoms with Crippen molar-refractivity contribution < 1.29 is 9.53 Å². The number of halogens is 1. The first-order chi connectivity index (χ1) is 9.92. The van der Waals surface area contributed by atoms with E-state index in [1.54, 1.807) is 7.11 Å². The van der Waals surface area contributed by atoms with Gasteiger partial charge in [-0.25, -0.2) is 0 Å². The summed E-state index contributed by atoms with van der Waals surface area (Å²) in [5.74, 6) is 0.120. The Kier molecular flexibility index (Phi) is 4.91. The standard InChI is InChI=1S/C16H23ClN2O2/c1-5-16(3)15(20)19(11(2)10-21-4)14(18-16)12-6-8-13(17)9-7-12/h6-9,11,14,18H,5,10H2,1-4H3. The second kappa shape index (κ2) is 6.34. The largest absolute Gasteiger partial charge is 0.383 e. The van der Waals surface area contributed by atoms with Crippen molar-refractivity contribution in [3.63, 3.8) is 0 Å². The summed E-state index contributed by atoms with van der Waals surface area (Å²) in [5.41, 5.74) is 0.500. The molecule has 1 N–H and O–H groups in total. The third kappa shape index (κ3) is 3.07. The second-order valence-corrected chi connectivity index (χ2v) is 6.24. The first-order valence-electron chi connectivity index (χ1n) is 7.28. The molecule has 1 heterocycles. The van der Waals surface area contributed by atoms with Gasteiger partial charge >= 0.3 is 0 Å². The summed E-state index contributed by atoms with van der Waals surface area (Å²) in [7, 11) is 1.65. The van der Waals surface area contributed by atoms with Crippen LogP contribution in [0.1, 0.15) is 38.9 Å². The molecule has 3 unspecified atom stereocenters. The molecule has 0 bridgehead atoms. The maximum atomic E-state index is 12.8. The molecule has 5 heteroatoms. The third-order valence-electron chi connectivity index (χ3n) is 4.22. The predicted molar refractivity (Wildman–Crippen MR) is 84.2 cm³/mol. The van der Waals surface area contributed by atoms with Crippen molar-refractivity contribution in [2.24, 2.45) is 0 Å². The van der Waals surface area contributed by atoms with E-state index in [1.807, 2.05) is 49.9 Å². The molecule has 1 amide bonds. The number of rotatable bonds is 5. The molecule has 1 aromatic carbocycles. The van der Waals surface area contributed by atoms with E-state index in [-0.39, 0.29) is 18.1 Å². The van der Waals surface area contributed by atoms with Crippen molar-refractivity contribution in [3.8, 4) is 0 Å². The minimum Gasteiger partial charge on any atom is -0.383 e. The Morgan fingerprint density at radius 1 is 1.43 bits per heavy atom. The Balaban J connectivity index is 2.36. The molecule has 3 atom stereocenters. The second-order valence-electron chi connectivity index (χ2n) is 5.80. The highest BCUT2D eigenvalue weighted by Crippen LogP contribution is 2.34. The first-order valence-corrected chi connectivity index (χ1v) is 7.65. The average Bonchev–Trinajstić information content (AvgIpc) is 2.73. The molecule has 4 nitrogen and oxygen atoms in total. The van der Waals surface area contributed by atoms with Gasteiger partial charge in [0.2, 0.25) is 5.91 Å². The monoisotopic (exact) mass is 310 g/mol. The van der Waals surface area contributed by atoms with E-state index in [0.717, 1.165) is 12.0 Å². The Morgan fingerprint density at radius 2 is 2.05 bits per heavy atom. The highest BCUT2D eigenvalue weighted by Gasteiger charge is 2.48. The van der Waals surface area contributed by atoms with Crippen molar-refractivity contribution in [1.82, 2.24) is 10.2 Å². The van der Waals surface area contributed by atoms with E-state index >= 15 is 0 Å². The molecule has 2 rings (SSSR count). The fourth-order valence-corrected chi connectivity index (χ4v) is 2.88. The Morgan fingerprint density at radius 3 is 2.57 bits per heavy atom. The zero-order chi connectivity index (χ0) is 15.6. The zero-order valence-corrected chi connectivity index (χ0v) is 13.8. The molecule has 21 heavy (non-hydrogen) atoms. The number of carbonyl (C=O) groups excluding carboxylic acids is 1. The van der Waals surface area contributed by atoms with Gasteiger partial charge in [0.15, 0.2) is 0 Å². The molecule has 0 aliphatic carbocycles. The normalized spacial score (nSPS) is 27.2. The predicted octanol–water partition coefficient (Wildman–Crippen LogP) is 2.97. The number of hydrogen-bond acceptors (Lipinski definition) is 3. The van der Waals surface area contributed by atoms with Crippen molar-refractivity contribution >= 4 is 17.5 Å². The maximum absolute atomic E-state index is 12.8. The summed E-state index contributed by atoms with van der Waals surface area (Å²) in [5, 5.41) is 4.16. The Labute approximate surface area is 131 Å². The zero-order valence-electron chi connectivity index (χ0n) is 13.0. The number of nitrogens with zero attached hydrogens (tertiary/aromatic N) is 1. The van der Waals surface area contributed by atoms with Crippen LogP contribution < -0.4 is 5.32 Å². The molecule has 1 saturated heterocycles. The lowest BCUT2D eigenvalue weighted by Gasteiger charge is -2.30. The van der Waals surface area contributed by atoms with Crippen LogP contribution in [0.4, 0.5) is 0 Å². The van der Waals surface area contributed by atoms with Gasteiger partial charge in [0, 0.05) is 12.1 Å². The lowest BCUT2D eigenvalue weighted by Crippen LogP contribution is -2.45. The Hall–Kier alpha value is -1.10. The summed E-state index contributed by atoms with van der Waals surface area (Å²) in [6, 6.07) is 7.62. The number of ether oxygens (including phenoxy) is 1. The van der Waals surface area contributed by atoms with E-state index < -0.39 is 5.54 Å². The van der Waals surface area contributed by atoms with Gasteiger partial charge in [0.05, 0.1) is 18.2 Å². The van der Waals surface area contributed by atoms with E-state index in [9.17, 15) is 4.79 Å². The number of amides is 1. The van der Waals surface area contributed by atoms with Crippen molar-refractivity contribution in [1.29, 1.82) is 0 Å². The average molecular weight is 311 g/mol. The minimum absolute atomic E-state index is 0.00375. The maximum Gasteiger partial charge on any atom is 0.244 e. The summed E-state index contributed by atoms with van der Waals surface area (Å²) in [4.78, 5) is 14.7. The summed E-state index contributed by atoms with van der Waals surface area (Å²) < 4.78 is 5.23. The van der Waals surface area contributed by atoms with Crippen LogP contribution in [0.15, 0.2) is 24.3 Å². The highest BCUT2D eigenvalue weighted by molar-refractivity contribution is 6.30. The molecular formula is C16H23ClN2O2. The van der Waals surface area contributed by atoms with Gasteiger partial charge < -0.3 is 9.64 Å². The van der Waals surface area contributed by atoms with Gasteiger partial charge in [-0.2, -0.15) is 0 Å². The molecule has 0 spiro atoms. The van der Waals surface area contributed by atoms with E-state index in [0.29, 0.717) is 11.6 Å². The van der Waals surface area contributed by atoms with Gasteiger partial charge in [-0.05, 0) is 38.0 Å². The van der Waals surface area contributed by atoms with Gasteiger partial charge in [0.1, 0.15) is 6.17 Å². The quantitative estimate of drug-likeness (QED) is 0.909. The van der Waals surface area contributed by atoms with Gasteiger partial charge in [-0.3, -0.25) is 10.1 Å². The molecule has 1 fully saturated rings. The van der Waals surface area contributed by atoms with E-state index in [1.165, 1.54) is 0 Å². The summed E-state index contributed by atoms with van der Waals surface area (Å²) in [6.45, 7) is 6.50. The molecule has 1 aromatic rings. The third-order valence-corrected chi connectivity index (χ3v) is 4.47. The molecule has 116 valence electrons. The van der Waals surface area contributed by atoms with Gasteiger partial charge in [0.25, 0.3) is 0 Å². The van der Waals surface area contributed by atoms with Crippen LogP contribution in [0.3, 0.4) is 0 Å². The number of benzene rings is 1. The van der Waals surface area contributed by atoms with Crippen LogP contribution in [0.25, 0.3) is 0 Å². The highest BCUT2D eigenvalue weighted by atomic mass is 35.5. The molecule has 1 aliphatic heterocycles. The Bertz CT molecular complexity index is 506. The lowest BCUT2D eigenvalue weighted by molar-refractivity contribution is -0.135. The minimum atomic E-state index is -0.535. The van der Waals surface area contributed by atoms with Crippen LogP contribution in [0.5, 0.6) is 0 Å². The smallest absolute Gasteiger partial charge is 0.244 e. The van der Waals surface area contributed by atoms with Crippen molar-refractivity contribution in [2.75, 3.05) is 13.7 Å². The number of carbonyl (C=O) groups is 1. The van der Waals surface area contributed by atoms with E-state index in [2.05, 4.69) is 5.32 Å². The van der Waals surface area contributed by atoms with Crippen molar-refractivity contribution in [2.45, 2.75) is 44.9 Å². The first kappa shape index (κ1) is 16.3. The number of hydrogen-bond donors (Lipinski definition) is 1. The van der Waals surface area contributed by atoms with Crippen molar-refractivity contribution in [3.05, 3.63) is 34.9 Å². The van der Waals surface area contributed by atoms with Crippen LogP contribution in [-0.2, 0) is 9.53 Å². The van der Waals surface area contributed by atoms with Crippen LogP contribution in [0.2, 0.25) is 5.02 Å². The number of nitrogens with one attached hydrogen (secondary N) is 1. The summed E-state index contributed by atoms with van der Waals surface area (Å²) in [6.07, 6.45) is 0.594. The molecule has 0 radical (unpaired) electrons. The van der Waals surface area contributed by atoms with E-state index in [4.69, 9.17) is 16.3 Å². The van der Waals surface area contributed by atoms with Gasteiger partial charge in [-0.15, -0.1) is 0 Å². The molecule has 0 saturated carbocycles. The molecular weight excluding hydrogens is 288 g/mol.